The van der Waals surface area contributed by atoms with Crippen LogP contribution in [0.25, 0.3) is 0 Å². The molecule has 0 aliphatic heterocycles. The maximum absolute atomic E-state index is 10.9. The van der Waals surface area contributed by atoms with E-state index in [1.54, 1.807) is 24.3 Å². The fourth-order valence-electron chi connectivity index (χ4n) is 1.53. The van der Waals surface area contributed by atoms with Gasteiger partial charge in [0.25, 0.3) is 0 Å². The predicted octanol–water partition coefficient (Wildman–Crippen LogP) is 3.85. The van der Waals surface area contributed by atoms with Crippen molar-refractivity contribution in [1.82, 2.24) is 0 Å². The third-order valence-corrected chi connectivity index (χ3v) is 3.12. The molecule has 0 heterocycles. The molecule has 0 amide bonds. The Labute approximate surface area is 121 Å². The van der Waals surface area contributed by atoms with E-state index in [0.717, 1.165) is 18.2 Å². The van der Waals surface area contributed by atoms with Gasteiger partial charge in [-0.1, -0.05) is 12.1 Å². The number of carboxylic acid groups (broad SMARTS) is 1. The highest BCUT2D eigenvalue weighted by Crippen LogP contribution is 2.35. The lowest BCUT2D eigenvalue weighted by Crippen LogP contribution is -1.99. The number of nitrogens with zero attached hydrogens (tertiary/aromatic N) is 1. The number of rotatable bonds is 4. The first-order valence-electron chi connectivity index (χ1n) is 5.43. The molecule has 0 bridgehead atoms. The van der Waals surface area contributed by atoms with Crippen LogP contribution in [-0.4, -0.2) is 16.0 Å². The van der Waals surface area contributed by atoms with E-state index in [0.29, 0.717) is 10.2 Å². The van der Waals surface area contributed by atoms with Gasteiger partial charge in [0.05, 0.1) is 15.0 Å². The van der Waals surface area contributed by atoms with Gasteiger partial charge in [-0.05, 0) is 34.1 Å². The largest absolute Gasteiger partial charge is 0.478 e. The Morgan fingerprint density at radius 3 is 2.50 bits per heavy atom. The van der Waals surface area contributed by atoms with Crippen molar-refractivity contribution >= 4 is 27.6 Å². The number of hydrogen-bond acceptors (Lipinski definition) is 4. The molecule has 2 aromatic rings. The molecule has 2 aromatic carbocycles. The van der Waals surface area contributed by atoms with Gasteiger partial charge in [0.2, 0.25) is 5.75 Å². The highest BCUT2D eigenvalue weighted by molar-refractivity contribution is 9.10. The molecule has 0 spiro atoms. The van der Waals surface area contributed by atoms with Crippen molar-refractivity contribution in [2.24, 2.45) is 0 Å². The summed E-state index contributed by atoms with van der Waals surface area (Å²) < 4.78 is 6.05. The predicted molar refractivity (Wildman–Crippen MR) is 74.3 cm³/mol. The van der Waals surface area contributed by atoms with Crippen molar-refractivity contribution in [1.29, 1.82) is 0 Å². The van der Waals surface area contributed by atoms with Crippen LogP contribution in [0.2, 0.25) is 0 Å². The summed E-state index contributed by atoms with van der Waals surface area (Å²) in [6, 6.07) is 10.2. The topological polar surface area (TPSA) is 89.7 Å². The van der Waals surface area contributed by atoms with E-state index in [4.69, 9.17) is 9.84 Å². The Balaban J connectivity index is 2.48. The molecule has 0 radical (unpaired) electrons. The van der Waals surface area contributed by atoms with Gasteiger partial charge < -0.3 is 9.84 Å². The number of halogens is 1. The fourth-order valence-corrected chi connectivity index (χ4v) is 1.89. The average Bonchev–Trinajstić information content (AvgIpc) is 2.41. The maximum atomic E-state index is 10.9. The number of carboxylic acids is 1. The van der Waals surface area contributed by atoms with Crippen molar-refractivity contribution < 1.29 is 19.6 Å². The molecule has 2 rings (SSSR count). The zero-order valence-electron chi connectivity index (χ0n) is 9.95. The summed E-state index contributed by atoms with van der Waals surface area (Å²) in [6.07, 6.45) is 0. The summed E-state index contributed by atoms with van der Waals surface area (Å²) in [5.41, 5.74) is -0.386. The Hall–Kier alpha value is -2.41. The molecular formula is C13H8BrNO5. The van der Waals surface area contributed by atoms with Crippen LogP contribution in [-0.2, 0) is 0 Å². The molecular weight excluding hydrogens is 330 g/mol. The average molecular weight is 338 g/mol. The van der Waals surface area contributed by atoms with E-state index >= 15 is 0 Å². The van der Waals surface area contributed by atoms with E-state index in [1.165, 1.54) is 0 Å². The first-order chi connectivity index (χ1) is 9.49. The third kappa shape index (κ3) is 2.94. The number of aromatic carboxylic acids is 1. The van der Waals surface area contributed by atoms with Gasteiger partial charge in [-0.2, -0.15) is 0 Å². The van der Waals surface area contributed by atoms with Gasteiger partial charge in [0, 0.05) is 12.1 Å². The smallest absolute Gasteiger partial charge is 0.335 e. The minimum Gasteiger partial charge on any atom is -0.478 e. The number of nitro benzene ring substituents is 1. The minimum atomic E-state index is -1.18. The summed E-state index contributed by atoms with van der Waals surface area (Å²) in [6.45, 7) is 0. The summed E-state index contributed by atoms with van der Waals surface area (Å²) in [4.78, 5) is 21.2. The molecule has 0 fully saturated rings. The molecule has 6 nitrogen and oxygen atoms in total. The Morgan fingerprint density at radius 2 is 1.90 bits per heavy atom. The van der Waals surface area contributed by atoms with E-state index in [-0.39, 0.29) is 17.0 Å². The van der Waals surface area contributed by atoms with Crippen LogP contribution >= 0.6 is 15.9 Å². The Kier molecular flexibility index (Phi) is 3.99. The van der Waals surface area contributed by atoms with Crippen LogP contribution in [0.1, 0.15) is 10.4 Å². The van der Waals surface area contributed by atoms with Crippen molar-refractivity contribution in [3.8, 4) is 11.5 Å². The lowest BCUT2D eigenvalue weighted by molar-refractivity contribution is -0.385. The Bertz CT molecular complexity index is 686. The second-order valence-electron chi connectivity index (χ2n) is 3.78. The molecule has 0 unspecified atom stereocenters. The van der Waals surface area contributed by atoms with E-state index in [9.17, 15) is 14.9 Å². The highest BCUT2D eigenvalue weighted by atomic mass is 79.9. The first-order valence-corrected chi connectivity index (χ1v) is 6.22. The van der Waals surface area contributed by atoms with E-state index in [2.05, 4.69) is 15.9 Å². The van der Waals surface area contributed by atoms with Gasteiger partial charge in [0.15, 0.2) is 0 Å². The minimum absolute atomic E-state index is 0.0855. The highest BCUT2D eigenvalue weighted by Gasteiger charge is 2.19. The van der Waals surface area contributed by atoms with Gasteiger partial charge in [-0.15, -0.1) is 0 Å². The number of hydrogen-bond donors (Lipinski definition) is 1. The van der Waals surface area contributed by atoms with Crippen LogP contribution in [0.3, 0.4) is 0 Å². The van der Waals surface area contributed by atoms with E-state index in [1.807, 2.05) is 0 Å². The van der Waals surface area contributed by atoms with Crippen LogP contribution in [0.4, 0.5) is 5.69 Å². The first kappa shape index (κ1) is 14.0. The normalized spacial score (nSPS) is 10.1. The van der Waals surface area contributed by atoms with Crippen LogP contribution < -0.4 is 4.74 Å². The molecule has 0 aliphatic rings. The van der Waals surface area contributed by atoms with Gasteiger partial charge >= 0.3 is 11.7 Å². The van der Waals surface area contributed by atoms with Crippen LogP contribution in [0, 0.1) is 10.1 Å². The number of carbonyl (C=O) groups is 1. The molecule has 0 aliphatic carbocycles. The van der Waals surface area contributed by atoms with Crippen molar-refractivity contribution in [3.63, 3.8) is 0 Å². The molecule has 0 atom stereocenters. The van der Waals surface area contributed by atoms with Crippen LogP contribution in [0.15, 0.2) is 46.9 Å². The SMILES string of the molecule is O=C(O)c1ccc([N+](=O)[O-])c(Oc2ccccc2Br)c1. The molecule has 7 heteroatoms. The lowest BCUT2D eigenvalue weighted by Gasteiger charge is -2.08. The molecule has 0 saturated carbocycles. The molecule has 0 aromatic heterocycles. The summed E-state index contributed by atoms with van der Waals surface area (Å²) in [5, 5.41) is 19.9. The van der Waals surface area contributed by atoms with Gasteiger partial charge in [0.1, 0.15) is 5.75 Å². The Morgan fingerprint density at radius 1 is 1.20 bits per heavy atom. The van der Waals surface area contributed by atoms with Crippen molar-refractivity contribution in [3.05, 3.63) is 62.6 Å². The summed E-state index contributed by atoms with van der Waals surface area (Å²) in [7, 11) is 0. The zero-order valence-corrected chi connectivity index (χ0v) is 11.5. The quantitative estimate of drug-likeness (QED) is 0.676. The second-order valence-corrected chi connectivity index (χ2v) is 4.63. The summed E-state index contributed by atoms with van der Waals surface area (Å²) in [5.74, 6) is -0.947. The number of nitro groups is 1. The molecule has 102 valence electrons. The standard InChI is InChI=1S/C13H8BrNO5/c14-9-3-1-2-4-11(9)20-12-7-8(13(16)17)5-6-10(12)15(18)19/h1-7H,(H,16,17). The van der Waals surface area contributed by atoms with E-state index < -0.39 is 10.9 Å². The maximum Gasteiger partial charge on any atom is 0.335 e. The lowest BCUT2D eigenvalue weighted by atomic mass is 10.2. The molecule has 0 saturated heterocycles. The number of benzene rings is 2. The van der Waals surface area contributed by atoms with Gasteiger partial charge in [-0.25, -0.2) is 4.79 Å². The second kappa shape index (κ2) is 5.70. The number of para-hydroxylation sites is 1. The molecule has 1 N–H and O–H groups in total. The van der Waals surface area contributed by atoms with Crippen LogP contribution in [0.5, 0.6) is 11.5 Å². The summed E-state index contributed by atoms with van der Waals surface area (Å²) >= 11 is 3.25. The molecule has 20 heavy (non-hydrogen) atoms. The fraction of sp³-hybridized carbons (Fsp3) is 0. The number of ether oxygens (including phenoxy) is 1. The van der Waals surface area contributed by atoms with Gasteiger partial charge in [-0.3, -0.25) is 10.1 Å². The van der Waals surface area contributed by atoms with Crippen molar-refractivity contribution in [2.45, 2.75) is 0 Å². The monoisotopic (exact) mass is 337 g/mol. The zero-order chi connectivity index (χ0) is 14.7. The third-order valence-electron chi connectivity index (χ3n) is 2.46. The van der Waals surface area contributed by atoms with Crippen molar-refractivity contribution in [2.75, 3.05) is 0 Å².